The molecule has 0 saturated carbocycles. The van der Waals surface area contributed by atoms with Crippen molar-refractivity contribution in [1.29, 1.82) is 0 Å². The lowest BCUT2D eigenvalue weighted by atomic mass is 9.79. The SMILES string of the molecule is CC[C@H]1OCC[C@H]1O[P@@](=O)(OCCSC(=O)C(C)(C)C)OC[C@H]1OCC[C@H]1OC(c1ccccc1)(c1ccc(OC)cc1)c1ccc(OC)cc1. The molecular formula is C39H51O10PS. The first-order valence-electron chi connectivity index (χ1n) is 17.5. The Labute approximate surface area is 306 Å². The molecule has 2 aliphatic heterocycles. The van der Waals surface area contributed by atoms with Gasteiger partial charge in [-0.3, -0.25) is 18.4 Å². The summed E-state index contributed by atoms with van der Waals surface area (Å²) in [5, 5.41) is 0.0213. The van der Waals surface area contributed by atoms with Gasteiger partial charge >= 0.3 is 7.82 Å². The molecule has 278 valence electrons. The Morgan fingerprint density at radius 1 is 0.784 bits per heavy atom. The molecule has 3 aromatic rings. The van der Waals surface area contributed by atoms with Crippen LogP contribution in [0.3, 0.4) is 0 Å². The van der Waals surface area contributed by atoms with Gasteiger partial charge in [-0.15, -0.1) is 0 Å². The number of methoxy groups -OCH3 is 2. The van der Waals surface area contributed by atoms with Crippen LogP contribution in [0.4, 0.5) is 0 Å². The number of phosphoric acid groups is 1. The Bertz CT molecular complexity index is 1530. The van der Waals surface area contributed by atoms with E-state index < -0.39 is 37.2 Å². The summed E-state index contributed by atoms with van der Waals surface area (Å²) in [4.78, 5) is 12.5. The predicted octanol–water partition coefficient (Wildman–Crippen LogP) is 8.20. The van der Waals surface area contributed by atoms with Crippen LogP contribution < -0.4 is 9.47 Å². The Balaban J connectivity index is 1.42. The summed E-state index contributed by atoms with van der Waals surface area (Å²) < 4.78 is 62.6. The zero-order chi connectivity index (χ0) is 36.5. The van der Waals surface area contributed by atoms with Gasteiger partial charge in [-0.2, -0.15) is 0 Å². The molecule has 51 heavy (non-hydrogen) atoms. The monoisotopic (exact) mass is 742 g/mol. The van der Waals surface area contributed by atoms with Gasteiger partial charge in [-0.05, 0) is 53.8 Å². The van der Waals surface area contributed by atoms with E-state index in [1.165, 1.54) is 0 Å². The van der Waals surface area contributed by atoms with Crippen molar-refractivity contribution >= 4 is 24.7 Å². The maximum atomic E-state index is 14.3. The Morgan fingerprint density at radius 2 is 1.33 bits per heavy atom. The smallest absolute Gasteiger partial charge is 0.475 e. The predicted molar refractivity (Wildman–Crippen MR) is 197 cm³/mol. The van der Waals surface area contributed by atoms with Crippen molar-refractivity contribution in [2.45, 2.75) is 77.0 Å². The van der Waals surface area contributed by atoms with E-state index in [9.17, 15) is 9.36 Å². The molecule has 0 unspecified atom stereocenters. The molecule has 5 rings (SSSR count). The first-order valence-corrected chi connectivity index (χ1v) is 20.0. The van der Waals surface area contributed by atoms with Gasteiger partial charge in [0.05, 0.1) is 45.7 Å². The van der Waals surface area contributed by atoms with Crippen LogP contribution in [-0.4, -0.2) is 75.9 Å². The number of benzene rings is 3. The van der Waals surface area contributed by atoms with Crippen LogP contribution in [0.2, 0.25) is 0 Å². The minimum absolute atomic E-state index is 0.00560. The molecule has 3 aromatic carbocycles. The van der Waals surface area contributed by atoms with Gasteiger partial charge in [0.2, 0.25) is 0 Å². The van der Waals surface area contributed by atoms with Crippen molar-refractivity contribution in [3.8, 4) is 11.5 Å². The number of hydrogen-bond donors (Lipinski definition) is 0. The molecule has 5 atom stereocenters. The van der Waals surface area contributed by atoms with Gasteiger partial charge < -0.3 is 23.7 Å². The third-order valence-corrected chi connectivity index (χ3v) is 11.8. The van der Waals surface area contributed by atoms with Gasteiger partial charge in [0, 0.05) is 30.8 Å². The quantitative estimate of drug-likeness (QED) is 0.0759. The van der Waals surface area contributed by atoms with Crippen LogP contribution in [0, 0.1) is 5.41 Å². The third-order valence-electron chi connectivity index (χ3n) is 9.04. The largest absolute Gasteiger partial charge is 0.497 e. The number of hydrogen-bond acceptors (Lipinski definition) is 11. The lowest BCUT2D eigenvalue weighted by Crippen LogP contribution is -2.41. The van der Waals surface area contributed by atoms with Crippen LogP contribution in [0.15, 0.2) is 78.9 Å². The Morgan fingerprint density at radius 3 is 1.88 bits per heavy atom. The first kappa shape index (κ1) is 39.5. The summed E-state index contributed by atoms with van der Waals surface area (Å²) in [6.07, 6.45) is 0.103. The second-order valence-electron chi connectivity index (χ2n) is 13.6. The van der Waals surface area contributed by atoms with Crippen molar-refractivity contribution in [2.24, 2.45) is 5.41 Å². The summed E-state index contributed by atoms with van der Waals surface area (Å²) in [6, 6.07) is 25.7. The van der Waals surface area contributed by atoms with Gasteiger partial charge in [-0.25, -0.2) is 4.57 Å². The fraction of sp³-hybridized carbons (Fsp3) is 0.513. The summed E-state index contributed by atoms with van der Waals surface area (Å²) in [6.45, 7) is 8.40. The highest BCUT2D eigenvalue weighted by Crippen LogP contribution is 2.53. The van der Waals surface area contributed by atoms with Crippen LogP contribution >= 0.6 is 19.6 Å². The number of phosphoric ester groups is 1. The van der Waals surface area contributed by atoms with Gasteiger partial charge in [0.1, 0.15) is 23.2 Å². The van der Waals surface area contributed by atoms with Crippen molar-refractivity contribution < 1.29 is 46.6 Å². The molecule has 2 heterocycles. The van der Waals surface area contributed by atoms with Crippen LogP contribution in [-0.2, 0) is 42.7 Å². The maximum Gasteiger partial charge on any atom is 0.475 e. The molecule has 0 N–H and O–H groups in total. The topological polar surface area (TPSA) is 108 Å². The summed E-state index contributed by atoms with van der Waals surface area (Å²) in [7, 11) is -0.836. The van der Waals surface area contributed by atoms with E-state index in [-0.39, 0.29) is 24.4 Å². The highest BCUT2D eigenvalue weighted by Gasteiger charge is 2.45. The van der Waals surface area contributed by atoms with Crippen molar-refractivity contribution in [1.82, 2.24) is 0 Å². The lowest BCUT2D eigenvalue weighted by Gasteiger charge is -2.39. The molecule has 2 aliphatic rings. The highest BCUT2D eigenvalue weighted by atomic mass is 32.2. The molecule has 0 radical (unpaired) electrons. The summed E-state index contributed by atoms with van der Waals surface area (Å²) >= 11 is 1.14. The van der Waals surface area contributed by atoms with Crippen molar-refractivity contribution in [3.63, 3.8) is 0 Å². The van der Waals surface area contributed by atoms with Crippen LogP contribution in [0.25, 0.3) is 0 Å². The molecule has 0 bridgehead atoms. The zero-order valence-corrected chi connectivity index (χ0v) is 32.1. The average molecular weight is 743 g/mol. The van der Waals surface area contributed by atoms with E-state index >= 15 is 0 Å². The van der Waals surface area contributed by atoms with E-state index in [4.69, 9.17) is 37.3 Å². The average Bonchev–Trinajstić information content (AvgIpc) is 3.80. The van der Waals surface area contributed by atoms with E-state index in [1.54, 1.807) is 14.2 Å². The van der Waals surface area contributed by atoms with Gasteiger partial charge in [-0.1, -0.05) is 94.1 Å². The van der Waals surface area contributed by atoms with E-state index in [1.807, 2.05) is 107 Å². The summed E-state index contributed by atoms with van der Waals surface area (Å²) in [5.74, 6) is 1.75. The number of carbonyl (C=O) groups is 1. The second-order valence-corrected chi connectivity index (χ2v) is 16.3. The second kappa shape index (κ2) is 17.9. The molecular weight excluding hydrogens is 691 g/mol. The molecule has 2 saturated heterocycles. The van der Waals surface area contributed by atoms with Crippen LogP contribution in [0.5, 0.6) is 11.5 Å². The number of thioether (sulfide) groups is 1. The normalized spacial score (nSPS) is 22.1. The number of rotatable bonds is 17. The zero-order valence-electron chi connectivity index (χ0n) is 30.4. The minimum atomic E-state index is -4.11. The van der Waals surface area contributed by atoms with Gasteiger partial charge in [0.25, 0.3) is 0 Å². The minimum Gasteiger partial charge on any atom is -0.497 e. The fourth-order valence-electron chi connectivity index (χ4n) is 6.23. The van der Waals surface area contributed by atoms with E-state index in [2.05, 4.69) is 0 Å². The Hall–Kier alpha value is -2.73. The molecule has 0 amide bonds. The lowest BCUT2D eigenvalue weighted by molar-refractivity contribution is -0.117. The van der Waals surface area contributed by atoms with Crippen LogP contribution in [0.1, 0.15) is 63.6 Å². The van der Waals surface area contributed by atoms with Crippen molar-refractivity contribution in [2.75, 3.05) is 46.4 Å². The molecule has 0 spiro atoms. The highest BCUT2D eigenvalue weighted by molar-refractivity contribution is 8.13. The molecule has 2 fully saturated rings. The van der Waals surface area contributed by atoms with Gasteiger partial charge in [0.15, 0.2) is 5.12 Å². The first-order chi connectivity index (χ1) is 24.5. The number of ether oxygens (including phenoxy) is 5. The molecule has 0 aliphatic carbocycles. The fourth-order valence-corrected chi connectivity index (χ4v) is 8.56. The molecule has 12 heteroatoms. The molecule has 10 nitrogen and oxygen atoms in total. The third kappa shape index (κ3) is 9.83. The summed E-state index contributed by atoms with van der Waals surface area (Å²) in [5.41, 5.74) is 1.12. The maximum absolute atomic E-state index is 14.3. The molecule has 0 aromatic heterocycles. The van der Waals surface area contributed by atoms with Crippen molar-refractivity contribution in [3.05, 3.63) is 95.6 Å². The number of carbonyl (C=O) groups excluding carboxylic acids is 1. The van der Waals surface area contributed by atoms with E-state index in [0.717, 1.165) is 40.0 Å². The Kier molecular flexibility index (Phi) is 13.8. The standard InChI is InChI=1S/C39H51O10PS/c1-7-33-35(22-24-44-33)49-50(41,46-25-26-51-37(40)38(2,3)4)47-27-36-34(21-23-45-36)48-39(28-11-9-8-10-12-28,29-13-17-31(42-5)18-14-29)30-15-19-32(43-6)20-16-30/h8-20,33-36H,7,21-27H2,1-6H3/t33-,34-,35-,36-,50+/m1/s1. The van der Waals surface area contributed by atoms with E-state index in [0.29, 0.717) is 38.2 Å².